The van der Waals surface area contributed by atoms with Crippen LogP contribution in [0.4, 0.5) is 13.2 Å². The largest absolute Gasteiger partial charge is 0.457 e. The van der Waals surface area contributed by atoms with E-state index in [0.717, 1.165) is 23.0 Å². The van der Waals surface area contributed by atoms with Crippen LogP contribution in [0.3, 0.4) is 0 Å². The van der Waals surface area contributed by atoms with E-state index >= 15 is 0 Å². The van der Waals surface area contributed by atoms with Gasteiger partial charge in [-0.25, -0.2) is 4.98 Å². The van der Waals surface area contributed by atoms with Crippen LogP contribution < -0.4 is 0 Å². The van der Waals surface area contributed by atoms with Crippen LogP contribution in [0.15, 0.2) is 63.9 Å². The normalized spacial score (nSPS) is 25.4. The molecular formula is C34H42F3NO8S2. The number of aryl methyl sites for hydroxylation is 1. The average Bonchev–Trinajstić information content (AvgIpc) is 3.45. The van der Waals surface area contributed by atoms with Gasteiger partial charge in [0, 0.05) is 29.2 Å². The van der Waals surface area contributed by atoms with Crippen molar-refractivity contribution >= 4 is 39.3 Å². The molecule has 1 aromatic carbocycles. The van der Waals surface area contributed by atoms with Crippen molar-refractivity contribution in [2.75, 3.05) is 0 Å². The molecule has 9 nitrogen and oxygen atoms in total. The molecule has 0 saturated carbocycles. The summed E-state index contributed by atoms with van der Waals surface area (Å²) < 4.78 is 77.8. The minimum absolute atomic E-state index is 0.0105. The predicted molar refractivity (Wildman–Crippen MR) is 175 cm³/mol. The van der Waals surface area contributed by atoms with Crippen LogP contribution >= 0.6 is 11.3 Å². The first-order chi connectivity index (χ1) is 22.2. The number of thiazole rings is 1. The zero-order valence-electron chi connectivity index (χ0n) is 27.7. The van der Waals surface area contributed by atoms with Gasteiger partial charge in [0.05, 0.1) is 34.6 Å². The minimum Gasteiger partial charge on any atom is -0.457 e. The van der Waals surface area contributed by atoms with Crippen molar-refractivity contribution < 1.29 is 50.3 Å². The Morgan fingerprint density at radius 1 is 1.17 bits per heavy atom. The Bertz CT molecular complexity index is 1640. The molecule has 0 amide bonds. The van der Waals surface area contributed by atoms with E-state index in [1.54, 1.807) is 31.4 Å². The van der Waals surface area contributed by atoms with Crippen LogP contribution in [-0.2, 0) is 35.2 Å². The summed E-state index contributed by atoms with van der Waals surface area (Å²) in [6.45, 7) is 8.97. The van der Waals surface area contributed by atoms with Gasteiger partial charge in [-0.15, -0.1) is 11.3 Å². The summed E-state index contributed by atoms with van der Waals surface area (Å²) in [5.74, 6) is -3.10. The van der Waals surface area contributed by atoms with E-state index in [4.69, 9.17) is 8.92 Å². The van der Waals surface area contributed by atoms with Crippen molar-refractivity contribution in [2.45, 2.75) is 96.8 Å². The standard InChI is InChI=1S/C34H42F3NO8S2/c1-20-10-13-26(14-11-20)48(43,44)45-18-29-38-25(19-47-29)16-22(3)27-15-12-24(34(35,36)37)9-7-8-21(2)31(41)23(4)32(42)33(5,6)28(39)17-30(40)46-27/h7-8,10-14,16,19,21,23,27-28,31,39,41H,9,15,17-18H2,1-6H3/t21-,23+,27?,28-,31-/m0/s1. The van der Waals surface area contributed by atoms with Gasteiger partial charge in [0.1, 0.15) is 23.5 Å². The first kappa shape index (κ1) is 39.3. The fourth-order valence-corrected chi connectivity index (χ4v) is 6.69. The Balaban J connectivity index is 1.90. The van der Waals surface area contributed by atoms with Crippen molar-refractivity contribution in [3.05, 3.63) is 75.3 Å². The molecule has 0 bridgehead atoms. The van der Waals surface area contributed by atoms with Crippen molar-refractivity contribution in [2.24, 2.45) is 17.3 Å². The SMILES string of the molecule is CC(=Cc1csc(COS(=O)(=O)c2ccc(C)cc2)n1)C1CC=C(C(F)(F)F)CC=C[C@H](C)[C@H](O)[C@@H](C)C(=O)C(C)(C)[C@@H](O)CC(=O)O1. The maximum absolute atomic E-state index is 14.0. The van der Waals surface area contributed by atoms with Gasteiger partial charge in [-0.1, -0.05) is 63.6 Å². The van der Waals surface area contributed by atoms with Crippen LogP contribution in [0.25, 0.3) is 6.08 Å². The molecule has 5 atom stereocenters. The van der Waals surface area contributed by atoms with Crippen LogP contribution in [0, 0.1) is 24.2 Å². The van der Waals surface area contributed by atoms with Crippen molar-refractivity contribution in [3.8, 4) is 0 Å². The molecule has 48 heavy (non-hydrogen) atoms. The molecule has 1 aliphatic heterocycles. The van der Waals surface area contributed by atoms with Gasteiger partial charge in [0.15, 0.2) is 0 Å². The summed E-state index contributed by atoms with van der Waals surface area (Å²) in [6.07, 6.45) is -4.99. The quantitative estimate of drug-likeness (QED) is 0.195. The molecule has 0 radical (unpaired) electrons. The molecule has 0 fully saturated rings. The smallest absolute Gasteiger partial charge is 0.412 e. The van der Waals surface area contributed by atoms with Crippen LogP contribution in [0.5, 0.6) is 0 Å². The number of ether oxygens (including phenoxy) is 1. The topological polar surface area (TPSA) is 140 Å². The second-order valence-electron chi connectivity index (χ2n) is 12.6. The lowest BCUT2D eigenvalue weighted by atomic mass is 9.73. The number of allylic oxidation sites excluding steroid dienone is 2. The Hall–Kier alpha value is -3.17. The summed E-state index contributed by atoms with van der Waals surface area (Å²) >= 11 is 1.10. The third-order valence-corrected chi connectivity index (χ3v) is 10.5. The van der Waals surface area contributed by atoms with Gasteiger partial charge >= 0.3 is 12.1 Å². The molecule has 2 N–H and O–H groups in total. The Labute approximate surface area is 283 Å². The number of aliphatic hydroxyl groups is 2. The number of aliphatic hydroxyl groups excluding tert-OH is 2. The molecule has 0 saturated heterocycles. The number of halogens is 3. The van der Waals surface area contributed by atoms with Gasteiger partial charge in [-0.3, -0.25) is 13.8 Å². The number of carbonyl (C=O) groups is 2. The lowest BCUT2D eigenvalue weighted by Gasteiger charge is -2.34. The lowest BCUT2D eigenvalue weighted by Crippen LogP contribution is -2.45. The van der Waals surface area contributed by atoms with Crippen LogP contribution in [0.1, 0.15) is 70.1 Å². The number of ketones is 1. The van der Waals surface area contributed by atoms with Gasteiger partial charge in [0.25, 0.3) is 10.1 Å². The number of esters is 1. The van der Waals surface area contributed by atoms with Crippen LogP contribution in [0.2, 0.25) is 0 Å². The molecule has 0 spiro atoms. The monoisotopic (exact) mass is 713 g/mol. The van der Waals surface area contributed by atoms with E-state index in [-0.39, 0.29) is 17.9 Å². The molecule has 14 heteroatoms. The summed E-state index contributed by atoms with van der Waals surface area (Å²) in [7, 11) is -4.05. The zero-order valence-corrected chi connectivity index (χ0v) is 29.3. The molecule has 1 unspecified atom stereocenters. The third kappa shape index (κ3) is 10.4. The number of carbonyl (C=O) groups excluding carboxylic acids is 2. The zero-order chi connectivity index (χ0) is 36.0. The van der Waals surface area contributed by atoms with E-state index in [1.165, 1.54) is 51.1 Å². The Morgan fingerprint density at radius 3 is 2.44 bits per heavy atom. The van der Waals surface area contributed by atoms with Gasteiger partial charge < -0.3 is 14.9 Å². The number of aromatic nitrogens is 1. The molecule has 0 aliphatic carbocycles. The lowest BCUT2D eigenvalue weighted by molar-refractivity contribution is -0.154. The predicted octanol–water partition coefficient (Wildman–Crippen LogP) is 6.49. The first-order valence-electron chi connectivity index (χ1n) is 15.3. The summed E-state index contributed by atoms with van der Waals surface area (Å²) in [4.78, 5) is 30.6. The molecule has 264 valence electrons. The summed E-state index contributed by atoms with van der Waals surface area (Å²) in [5.41, 5.74) is -0.794. The van der Waals surface area contributed by atoms with E-state index in [0.29, 0.717) is 16.3 Å². The van der Waals surface area contributed by atoms with Crippen molar-refractivity contribution in [3.63, 3.8) is 0 Å². The number of rotatable bonds is 6. The number of Topliss-reactive ketones (excluding diaryl/α,β-unsaturated/α-hetero) is 1. The van der Waals surface area contributed by atoms with E-state index < -0.39 is 82.0 Å². The highest BCUT2D eigenvalue weighted by Gasteiger charge is 2.42. The van der Waals surface area contributed by atoms with Crippen LogP contribution in [-0.4, -0.2) is 59.9 Å². The summed E-state index contributed by atoms with van der Waals surface area (Å²) in [5, 5.41) is 23.5. The number of nitrogens with zero attached hydrogens (tertiary/aromatic N) is 1. The first-order valence-corrected chi connectivity index (χ1v) is 17.6. The number of cyclic esters (lactones) is 1. The van der Waals surface area contributed by atoms with Gasteiger partial charge in [-0.05, 0) is 44.1 Å². The molecular weight excluding hydrogens is 672 g/mol. The third-order valence-electron chi connectivity index (χ3n) is 8.39. The highest BCUT2D eigenvalue weighted by atomic mass is 32.2. The number of benzene rings is 1. The Kier molecular flexibility index (Phi) is 13.1. The highest BCUT2D eigenvalue weighted by molar-refractivity contribution is 7.86. The summed E-state index contributed by atoms with van der Waals surface area (Å²) in [6, 6.07) is 6.14. The van der Waals surface area contributed by atoms with Gasteiger partial charge in [-0.2, -0.15) is 21.6 Å². The second-order valence-corrected chi connectivity index (χ2v) is 15.2. The average molecular weight is 714 g/mol. The maximum Gasteiger partial charge on any atom is 0.412 e. The molecule has 2 aromatic rings. The highest BCUT2D eigenvalue weighted by Crippen LogP contribution is 2.33. The maximum atomic E-state index is 14.0. The second kappa shape index (κ2) is 16.0. The van der Waals surface area contributed by atoms with Crippen molar-refractivity contribution in [1.29, 1.82) is 0 Å². The van der Waals surface area contributed by atoms with Gasteiger partial charge in [0.2, 0.25) is 0 Å². The number of alkyl halides is 3. The number of hydrogen-bond donors (Lipinski definition) is 2. The molecule has 1 aromatic heterocycles. The molecule has 3 rings (SSSR count). The van der Waals surface area contributed by atoms with E-state index in [1.807, 2.05) is 6.92 Å². The Morgan fingerprint density at radius 2 is 1.81 bits per heavy atom. The van der Waals surface area contributed by atoms with Crippen molar-refractivity contribution in [1.82, 2.24) is 4.98 Å². The van der Waals surface area contributed by atoms with E-state index in [2.05, 4.69) is 4.98 Å². The number of hydrogen-bond acceptors (Lipinski definition) is 10. The molecule has 1 aliphatic rings. The minimum atomic E-state index is -4.70. The molecule has 2 heterocycles. The fraction of sp³-hybridized carbons (Fsp3) is 0.500. The fourth-order valence-electron chi connectivity index (χ4n) is 5.08. The van der Waals surface area contributed by atoms with E-state index in [9.17, 15) is 41.4 Å².